The molecule has 0 bridgehead atoms. The van der Waals surface area contributed by atoms with E-state index < -0.39 is 9.84 Å². The first-order valence-electron chi connectivity index (χ1n) is 5.48. The Labute approximate surface area is 95.8 Å². The SMILES string of the molecule is CC(C)n1ccnc1NC1CCS(=O)(=O)C1. The van der Waals surface area contributed by atoms with E-state index in [2.05, 4.69) is 24.1 Å². The molecule has 90 valence electrons. The molecule has 2 rings (SSSR count). The normalized spacial score (nSPS) is 23.8. The number of anilines is 1. The van der Waals surface area contributed by atoms with Gasteiger partial charge in [-0.1, -0.05) is 0 Å². The number of sulfone groups is 1. The highest BCUT2D eigenvalue weighted by Crippen LogP contribution is 2.18. The fraction of sp³-hybridized carbons (Fsp3) is 0.700. The third kappa shape index (κ3) is 2.37. The number of hydrogen-bond acceptors (Lipinski definition) is 4. The van der Waals surface area contributed by atoms with Crippen LogP contribution in [0.5, 0.6) is 0 Å². The molecule has 0 aliphatic carbocycles. The number of nitrogens with zero attached hydrogens (tertiary/aromatic N) is 2. The van der Waals surface area contributed by atoms with Crippen molar-refractivity contribution in [3.63, 3.8) is 0 Å². The van der Waals surface area contributed by atoms with Gasteiger partial charge in [-0.3, -0.25) is 0 Å². The zero-order chi connectivity index (χ0) is 11.8. The van der Waals surface area contributed by atoms with Crippen LogP contribution < -0.4 is 5.32 Å². The molecule has 1 aromatic heterocycles. The first-order valence-corrected chi connectivity index (χ1v) is 7.30. The molecule has 0 amide bonds. The zero-order valence-corrected chi connectivity index (χ0v) is 10.4. The third-order valence-electron chi connectivity index (χ3n) is 2.79. The van der Waals surface area contributed by atoms with Gasteiger partial charge in [-0.25, -0.2) is 13.4 Å². The first kappa shape index (κ1) is 11.4. The van der Waals surface area contributed by atoms with Gasteiger partial charge in [0.25, 0.3) is 0 Å². The molecular formula is C10H17N3O2S. The van der Waals surface area contributed by atoms with Gasteiger partial charge in [0.05, 0.1) is 11.5 Å². The smallest absolute Gasteiger partial charge is 0.203 e. The average molecular weight is 243 g/mol. The number of hydrogen-bond donors (Lipinski definition) is 1. The van der Waals surface area contributed by atoms with Gasteiger partial charge in [-0.05, 0) is 20.3 Å². The molecule has 0 spiro atoms. The van der Waals surface area contributed by atoms with Crippen LogP contribution in [-0.2, 0) is 9.84 Å². The molecule has 1 aromatic rings. The van der Waals surface area contributed by atoms with Gasteiger partial charge in [0, 0.05) is 24.5 Å². The van der Waals surface area contributed by atoms with Crippen LogP contribution in [0.25, 0.3) is 0 Å². The van der Waals surface area contributed by atoms with Gasteiger partial charge in [-0.15, -0.1) is 0 Å². The summed E-state index contributed by atoms with van der Waals surface area (Å²) in [7, 11) is -2.83. The molecule has 1 N–H and O–H groups in total. The van der Waals surface area contributed by atoms with E-state index in [0.717, 1.165) is 5.95 Å². The number of aromatic nitrogens is 2. The molecule has 0 aromatic carbocycles. The van der Waals surface area contributed by atoms with E-state index in [1.54, 1.807) is 6.20 Å². The second-order valence-electron chi connectivity index (χ2n) is 4.50. The molecule has 1 aliphatic rings. The fourth-order valence-corrected chi connectivity index (χ4v) is 3.61. The summed E-state index contributed by atoms with van der Waals surface area (Å²) in [6, 6.07) is 0.327. The van der Waals surface area contributed by atoms with Gasteiger partial charge in [0.15, 0.2) is 9.84 Å². The van der Waals surface area contributed by atoms with Crippen LogP contribution in [-0.4, -0.2) is 35.5 Å². The molecule has 1 saturated heterocycles. The monoisotopic (exact) mass is 243 g/mol. The Kier molecular flexibility index (Phi) is 2.92. The molecule has 16 heavy (non-hydrogen) atoms. The molecule has 6 heteroatoms. The maximum absolute atomic E-state index is 11.3. The highest BCUT2D eigenvalue weighted by Gasteiger charge is 2.28. The van der Waals surface area contributed by atoms with E-state index in [9.17, 15) is 8.42 Å². The van der Waals surface area contributed by atoms with Crippen molar-refractivity contribution in [1.29, 1.82) is 0 Å². The van der Waals surface area contributed by atoms with Crippen LogP contribution in [0, 0.1) is 0 Å². The van der Waals surface area contributed by atoms with Crippen LogP contribution in [0.4, 0.5) is 5.95 Å². The third-order valence-corrected chi connectivity index (χ3v) is 4.56. The van der Waals surface area contributed by atoms with Crippen molar-refractivity contribution in [3.05, 3.63) is 12.4 Å². The highest BCUT2D eigenvalue weighted by molar-refractivity contribution is 7.91. The fourth-order valence-electron chi connectivity index (χ4n) is 1.93. The minimum atomic E-state index is -2.83. The largest absolute Gasteiger partial charge is 0.352 e. The zero-order valence-electron chi connectivity index (χ0n) is 9.55. The van der Waals surface area contributed by atoms with Gasteiger partial charge in [0.1, 0.15) is 0 Å². The van der Waals surface area contributed by atoms with Crippen LogP contribution >= 0.6 is 0 Å². The molecule has 1 aliphatic heterocycles. The van der Waals surface area contributed by atoms with Crippen LogP contribution in [0.2, 0.25) is 0 Å². The van der Waals surface area contributed by atoms with Crippen LogP contribution in [0.15, 0.2) is 12.4 Å². The predicted octanol–water partition coefficient (Wildman–Crippen LogP) is 1.06. The molecule has 1 unspecified atom stereocenters. The Morgan fingerprint density at radius 2 is 2.31 bits per heavy atom. The van der Waals surface area contributed by atoms with E-state index in [0.29, 0.717) is 12.5 Å². The summed E-state index contributed by atoms with van der Waals surface area (Å²) in [5.41, 5.74) is 0. The molecule has 2 heterocycles. The topological polar surface area (TPSA) is 64.0 Å². The Morgan fingerprint density at radius 1 is 1.56 bits per heavy atom. The molecule has 5 nitrogen and oxygen atoms in total. The van der Waals surface area contributed by atoms with Gasteiger partial charge < -0.3 is 9.88 Å². The summed E-state index contributed by atoms with van der Waals surface area (Å²) in [6.45, 7) is 4.14. The van der Waals surface area contributed by atoms with Crippen molar-refractivity contribution >= 4 is 15.8 Å². The highest BCUT2D eigenvalue weighted by atomic mass is 32.2. The predicted molar refractivity (Wildman–Crippen MR) is 63.3 cm³/mol. The van der Waals surface area contributed by atoms with Crippen molar-refractivity contribution in [3.8, 4) is 0 Å². The Morgan fingerprint density at radius 3 is 2.88 bits per heavy atom. The average Bonchev–Trinajstić information content (AvgIpc) is 2.73. The molecule has 1 fully saturated rings. The lowest BCUT2D eigenvalue weighted by molar-refractivity contribution is 0.597. The van der Waals surface area contributed by atoms with E-state index >= 15 is 0 Å². The lowest BCUT2D eigenvalue weighted by atomic mass is 10.3. The molecule has 0 radical (unpaired) electrons. The Bertz CT molecular complexity index is 464. The second kappa shape index (κ2) is 4.08. The standard InChI is InChI=1S/C10H17N3O2S/c1-8(2)13-5-4-11-10(13)12-9-3-6-16(14,15)7-9/h4-5,8-9H,3,6-7H2,1-2H3,(H,11,12). The second-order valence-corrected chi connectivity index (χ2v) is 6.72. The van der Waals surface area contributed by atoms with Crippen molar-refractivity contribution in [1.82, 2.24) is 9.55 Å². The van der Waals surface area contributed by atoms with E-state index in [1.807, 2.05) is 10.8 Å². The van der Waals surface area contributed by atoms with Crippen molar-refractivity contribution < 1.29 is 8.42 Å². The quantitative estimate of drug-likeness (QED) is 0.862. The lowest BCUT2D eigenvalue weighted by Crippen LogP contribution is -2.23. The van der Waals surface area contributed by atoms with Gasteiger partial charge in [-0.2, -0.15) is 0 Å². The van der Waals surface area contributed by atoms with Gasteiger partial charge >= 0.3 is 0 Å². The Hall–Kier alpha value is -1.04. The molecule has 1 atom stereocenters. The minimum absolute atomic E-state index is 0.00454. The number of nitrogens with one attached hydrogen (secondary N) is 1. The van der Waals surface area contributed by atoms with Crippen molar-refractivity contribution in [2.45, 2.75) is 32.4 Å². The summed E-state index contributed by atoms with van der Waals surface area (Å²) < 4.78 is 24.6. The summed E-state index contributed by atoms with van der Waals surface area (Å²) in [5, 5.41) is 3.20. The van der Waals surface area contributed by atoms with Crippen LogP contribution in [0.1, 0.15) is 26.3 Å². The maximum atomic E-state index is 11.3. The maximum Gasteiger partial charge on any atom is 0.203 e. The van der Waals surface area contributed by atoms with Crippen molar-refractivity contribution in [2.75, 3.05) is 16.8 Å². The number of rotatable bonds is 3. The first-order chi connectivity index (χ1) is 7.48. The summed E-state index contributed by atoms with van der Waals surface area (Å²) >= 11 is 0. The van der Waals surface area contributed by atoms with Crippen LogP contribution in [0.3, 0.4) is 0 Å². The minimum Gasteiger partial charge on any atom is -0.352 e. The van der Waals surface area contributed by atoms with Crippen molar-refractivity contribution in [2.24, 2.45) is 0 Å². The van der Waals surface area contributed by atoms with Gasteiger partial charge in [0.2, 0.25) is 5.95 Å². The van der Waals surface area contributed by atoms with E-state index in [4.69, 9.17) is 0 Å². The summed E-state index contributed by atoms with van der Waals surface area (Å²) in [5.74, 6) is 1.27. The summed E-state index contributed by atoms with van der Waals surface area (Å²) in [4.78, 5) is 4.21. The van der Waals surface area contributed by atoms with E-state index in [1.165, 1.54) is 0 Å². The lowest BCUT2D eigenvalue weighted by Gasteiger charge is -2.16. The van der Waals surface area contributed by atoms with E-state index in [-0.39, 0.29) is 17.5 Å². The Balaban J connectivity index is 2.08. The molecular weight excluding hydrogens is 226 g/mol. The number of imidazole rings is 1. The molecule has 0 saturated carbocycles. The summed E-state index contributed by atoms with van der Waals surface area (Å²) in [6.07, 6.45) is 4.30.